The fourth-order valence-corrected chi connectivity index (χ4v) is 5.51. The third-order valence-electron chi connectivity index (χ3n) is 7.23. The van der Waals surface area contributed by atoms with Gasteiger partial charge in [-0.2, -0.15) is 5.10 Å². The van der Waals surface area contributed by atoms with Gasteiger partial charge in [-0.15, -0.1) is 0 Å². The number of urea groups is 1. The Bertz CT molecular complexity index is 1810. The summed E-state index contributed by atoms with van der Waals surface area (Å²) in [6.07, 6.45) is 1.45. The average molecular weight is 768 g/mol. The monoisotopic (exact) mass is 766 g/mol. The summed E-state index contributed by atoms with van der Waals surface area (Å²) in [5.41, 5.74) is 5.52. The van der Waals surface area contributed by atoms with E-state index in [2.05, 4.69) is 37.1 Å². The molecule has 1 atom stereocenters. The highest BCUT2D eigenvalue weighted by Crippen LogP contribution is 2.37. The number of nitrogens with zero attached hydrogens (tertiary/aromatic N) is 1. The fraction of sp³-hybridized carbons (Fsp3) is 0.306. The summed E-state index contributed by atoms with van der Waals surface area (Å²) in [4.78, 5) is 49.4. The van der Waals surface area contributed by atoms with Crippen molar-refractivity contribution in [2.24, 2.45) is 5.10 Å². The number of esters is 2. The van der Waals surface area contributed by atoms with E-state index >= 15 is 0 Å². The molecule has 0 aliphatic carbocycles. The van der Waals surface area contributed by atoms with Crippen molar-refractivity contribution < 1.29 is 47.6 Å². The van der Waals surface area contributed by atoms with Crippen LogP contribution >= 0.6 is 15.9 Å². The topological polar surface area (TPSA) is 172 Å². The molecule has 15 heteroatoms. The van der Waals surface area contributed by atoms with Gasteiger partial charge in [0.05, 0.1) is 54.8 Å². The van der Waals surface area contributed by atoms with E-state index in [0.717, 1.165) is 5.56 Å². The standard InChI is InChI=1S/C36H39BrN4O10/c1-6-47-29-16-23(15-26(37)33(29)51-19-22-9-11-24(12-10-22)34(43)48-7-2)18-38-41-30(42)20-50-27-14-13-25(17-28(27)46-5)32-31(35(44)49-8-3)21(4)39-36(45)40-32/h9-18,32H,6-8,19-20H2,1-5H3,(H,41,42)(H2,39,40,45)/b38-18+/t32-/m0/s1. The molecule has 0 aromatic heterocycles. The van der Waals surface area contributed by atoms with Gasteiger partial charge in [-0.3, -0.25) is 4.79 Å². The van der Waals surface area contributed by atoms with Crippen LogP contribution in [0.1, 0.15) is 60.8 Å². The molecule has 3 N–H and O–H groups in total. The molecule has 3 amide bonds. The number of methoxy groups -OCH3 is 1. The van der Waals surface area contributed by atoms with Crippen LogP contribution in [0.2, 0.25) is 0 Å². The number of allylic oxidation sites excluding steroid dienone is 1. The maximum Gasteiger partial charge on any atom is 0.338 e. The van der Waals surface area contributed by atoms with Gasteiger partial charge in [0.2, 0.25) is 0 Å². The molecule has 3 aromatic carbocycles. The van der Waals surface area contributed by atoms with Crippen molar-refractivity contribution in [3.8, 4) is 23.0 Å². The molecule has 3 aromatic rings. The molecule has 0 bridgehead atoms. The SMILES string of the molecule is CCOC(=O)C1=C(C)NC(=O)N[C@H]1c1ccc(OCC(=O)N/N=C/c2cc(Br)c(OCc3ccc(C(=O)OCC)cc3)c(OCC)c2)c(OC)c1. The molecule has 0 spiro atoms. The number of hydrogen-bond acceptors (Lipinski definition) is 11. The number of hydrogen-bond donors (Lipinski definition) is 3. The van der Waals surface area contributed by atoms with E-state index in [0.29, 0.717) is 51.6 Å². The van der Waals surface area contributed by atoms with Crippen molar-refractivity contribution in [1.29, 1.82) is 0 Å². The van der Waals surface area contributed by atoms with Gasteiger partial charge in [-0.05, 0) is 96.7 Å². The van der Waals surface area contributed by atoms with Gasteiger partial charge in [0.1, 0.15) is 6.61 Å². The number of amides is 3. The van der Waals surface area contributed by atoms with E-state index in [1.165, 1.54) is 13.3 Å². The molecule has 0 fully saturated rings. The van der Waals surface area contributed by atoms with Gasteiger partial charge in [0.25, 0.3) is 5.91 Å². The van der Waals surface area contributed by atoms with Gasteiger partial charge >= 0.3 is 18.0 Å². The third kappa shape index (κ3) is 10.2. The highest BCUT2D eigenvalue weighted by molar-refractivity contribution is 9.10. The smallest absolute Gasteiger partial charge is 0.338 e. The number of carbonyl (C=O) groups excluding carboxylic acids is 4. The Morgan fingerprint density at radius 1 is 0.882 bits per heavy atom. The minimum atomic E-state index is -0.793. The van der Waals surface area contributed by atoms with Crippen molar-refractivity contribution in [3.63, 3.8) is 0 Å². The molecule has 51 heavy (non-hydrogen) atoms. The lowest BCUT2D eigenvalue weighted by molar-refractivity contribution is -0.139. The largest absolute Gasteiger partial charge is 0.493 e. The zero-order valence-electron chi connectivity index (χ0n) is 28.8. The normalized spacial score (nSPS) is 13.9. The number of rotatable bonds is 16. The van der Waals surface area contributed by atoms with Crippen LogP contribution in [0.25, 0.3) is 0 Å². The lowest BCUT2D eigenvalue weighted by Gasteiger charge is -2.28. The van der Waals surface area contributed by atoms with Crippen molar-refractivity contribution >= 4 is 46.0 Å². The second-order valence-electron chi connectivity index (χ2n) is 10.8. The van der Waals surface area contributed by atoms with Crippen LogP contribution in [0, 0.1) is 0 Å². The van der Waals surface area contributed by atoms with Gasteiger partial charge in [0, 0.05) is 5.70 Å². The van der Waals surface area contributed by atoms with Crippen LogP contribution in [0.15, 0.2) is 75.4 Å². The molecule has 0 radical (unpaired) electrons. The Labute approximate surface area is 303 Å². The van der Waals surface area contributed by atoms with Gasteiger partial charge in [0.15, 0.2) is 29.6 Å². The van der Waals surface area contributed by atoms with E-state index < -0.39 is 23.9 Å². The number of nitrogens with one attached hydrogen (secondary N) is 3. The lowest BCUT2D eigenvalue weighted by atomic mass is 9.95. The Hall–Kier alpha value is -5.57. The minimum Gasteiger partial charge on any atom is -0.493 e. The maximum atomic E-state index is 12.7. The Morgan fingerprint density at radius 2 is 1.61 bits per heavy atom. The zero-order valence-corrected chi connectivity index (χ0v) is 30.4. The molecular formula is C36H39BrN4O10. The summed E-state index contributed by atoms with van der Waals surface area (Å²) in [6, 6.07) is 14.0. The van der Waals surface area contributed by atoms with Gasteiger partial charge in [-0.1, -0.05) is 18.2 Å². The number of hydrazone groups is 1. The summed E-state index contributed by atoms with van der Waals surface area (Å²) >= 11 is 3.53. The highest BCUT2D eigenvalue weighted by atomic mass is 79.9. The van der Waals surface area contributed by atoms with Crippen LogP contribution in [-0.4, -0.2) is 63.6 Å². The Morgan fingerprint density at radius 3 is 2.29 bits per heavy atom. The summed E-state index contributed by atoms with van der Waals surface area (Å²) in [5.74, 6) is -0.00569. The molecule has 1 heterocycles. The van der Waals surface area contributed by atoms with Crippen LogP contribution in [0.4, 0.5) is 4.79 Å². The van der Waals surface area contributed by atoms with Crippen LogP contribution in [0.5, 0.6) is 23.0 Å². The molecule has 0 saturated heterocycles. The molecular weight excluding hydrogens is 728 g/mol. The van der Waals surface area contributed by atoms with Crippen molar-refractivity contribution in [1.82, 2.24) is 16.1 Å². The molecule has 0 saturated carbocycles. The van der Waals surface area contributed by atoms with Crippen molar-refractivity contribution in [2.75, 3.05) is 33.5 Å². The van der Waals surface area contributed by atoms with E-state index in [4.69, 9.17) is 28.4 Å². The predicted octanol–water partition coefficient (Wildman–Crippen LogP) is 5.33. The number of ether oxygens (including phenoxy) is 6. The summed E-state index contributed by atoms with van der Waals surface area (Å²) < 4.78 is 33.8. The number of benzene rings is 3. The van der Waals surface area contributed by atoms with E-state index in [-0.39, 0.29) is 42.9 Å². The van der Waals surface area contributed by atoms with E-state index in [1.54, 1.807) is 75.4 Å². The first-order valence-electron chi connectivity index (χ1n) is 16.0. The van der Waals surface area contributed by atoms with Gasteiger partial charge in [-0.25, -0.2) is 19.8 Å². The second-order valence-corrected chi connectivity index (χ2v) is 11.6. The highest BCUT2D eigenvalue weighted by Gasteiger charge is 2.32. The lowest BCUT2D eigenvalue weighted by Crippen LogP contribution is -2.45. The summed E-state index contributed by atoms with van der Waals surface area (Å²) in [7, 11) is 1.43. The third-order valence-corrected chi connectivity index (χ3v) is 7.82. The summed E-state index contributed by atoms with van der Waals surface area (Å²) in [5, 5.41) is 9.36. The fourth-order valence-electron chi connectivity index (χ4n) is 4.93. The quantitative estimate of drug-likeness (QED) is 0.0983. The molecule has 0 unspecified atom stereocenters. The molecule has 14 nitrogen and oxygen atoms in total. The molecule has 4 rings (SSSR count). The molecule has 1 aliphatic rings. The predicted molar refractivity (Wildman–Crippen MR) is 190 cm³/mol. The minimum absolute atomic E-state index is 0.171. The molecule has 270 valence electrons. The van der Waals surface area contributed by atoms with Crippen LogP contribution < -0.4 is 35.0 Å². The molecule has 1 aliphatic heterocycles. The second kappa shape index (κ2) is 18.4. The van der Waals surface area contributed by atoms with E-state index in [9.17, 15) is 19.2 Å². The number of carbonyl (C=O) groups is 4. The first-order chi connectivity index (χ1) is 24.6. The van der Waals surface area contributed by atoms with Gasteiger partial charge < -0.3 is 39.1 Å². The van der Waals surface area contributed by atoms with Crippen LogP contribution in [-0.2, 0) is 25.7 Å². The Kier molecular flexibility index (Phi) is 13.8. The maximum absolute atomic E-state index is 12.7. The van der Waals surface area contributed by atoms with Crippen molar-refractivity contribution in [3.05, 3.63) is 92.6 Å². The Balaban J connectivity index is 1.37. The zero-order chi connectivity index (χ0) is 36.9. The van der Waals surface area contributed by atoms with E-state index in [1.807, 2.05) is 6.92 Å². The average Bonchev–Trinajstić information content (AvgIpc) is 3.10. The summed E-state index contributed by atoms with van der Waals surface area (Å²) in [6.45, 7) is 7.60. The van der Waals surface area contributed by atoms with Crippen molar-refractivity contribution in [2.45, 2.75) is 40.3 Å². The first kappa shape index (κ1) is 38.2. The first-order valence-corrected chi connectivity index (χ1v) is 16.8. The number of halogens is 1. The van der Waals surface area contributed by atoms with Crippen LogP contribution in [0.3, 0.4) is 0 Å².